The van der Waals surface area contributed by atoms with Crippen LogP contribution in [0.3, 0.4) is 0 Å². The molecular formula is C16H25N3O3. The Morgan fingerprint density at radius 1 is 1.18 bits per heavy atom. The van der Waals surface area contributed by atoms with E-state index in [0.717, 1.165) is 24.1 Å². The van der Waals surface area contributed by atoms with Crippen molar-refractivity contribution < 1.29 is 14.7 Å². The van der Waals surface area contributed by atoms with Crippen molar-refractivity contribution in [1.82, 2.24) is 10.6 Å². The lowest BCUT2D eigenvalue weighted by molar-refractivity contribution is -0.141. The number of hydrogen-bond donors (Lipinski definition) is 4. The fourth-order valence-corrected chi connectivity index (χ4v) is 2.00. The van der Waals surface area contributed by atoms with Gasteiger partial charge in [0.15, 0.2) is 0 Å². The molecular weight excluding hydrogens is 282 g/mol. The van der Waals surface area contributed by atoms with E-state index >= 15 is 0 Å². The molecule has 1 rings (SSSR count). The number of aryl methyl sites for hydroxylation is 2. The lowest BCUT2D eigenvalue weighted by atomic mass is 10.1. The summed E-state index contributed by atoms with van der Waals surface area (Å²) >= 11 is 0. The first kappa shape index (κ1) is 18.1. The number of benzene rings is 1. The van der Waals surface area contributed by atoms with Crippen LogP contribution in [0, 0.1) is 13.8 Å². The van der Waals surface area contributed by atoms with Crippen molar-refractivity contribution in [3.63, 3.8) is 0 Å². The van der Waals surface area contributed by atoms with E-state index in [2.05, 4.69) is 16.0 Å². The Hall–Kier alpha value is -1.92. The summed E-state index contributed by atoms with van der Waals surface area (Å²) in [7, 11) is 1.84. The van der Waals surface area contributed by atoms with Crippen molar-refractivity contribution in [2.24, 2.45) is 0 Å². The standard InChI is InChI=1S/C16H25N3O3/c1-11-5-6-13(9-12(11)2)19-15(20)10-14(16(21)22)18-8-4-7-17-3/h5-6,9,14,17-18H,4,7-8,10H2,1-3H3,(H,19,20)(H,21,22)/t14-/m0/s1. The number of carboxylic acids is 1. The van der Waals surface area contributed by atoms with Crippen LogP contribution in [0.1, 0.15) is 24.0 Å². The Kier molecular flexibility index (Phi) is 7.56. The van der Waals surface area contributed by atoms with Gasteiger partial charge in [0.25, 0.3) is 0 Å². The molecule has 0 saturated carbocycles. The molecule has 0 spiro atoms. The van der Waals surface area contributed by atoms with Gasteiger partial charge in [-0.2, -0.15) is 0 Å². The lowest BCUT2D eigenvalue weighted by Gasteiger charge is -2.14. The fraction of sp³-hybridized carbons (Fsp3) is 0.500. The first-order valence-electron chi connectivity index (χ1n) is 7.42. The highest BCUT2D eigenvalue weighted by Crippen LogP contribution is 2.14. The molecule has 122 valence electrons. The highest BCUT2D eigenvalue weighted by Gasteiger charge is 2.20. The number of nitrogens with one attached hydrogen (secondary N) is 3. The molecule has 0 fully saturated rings. The van der Waals surface area contributed by atoms with Gasteiger partial charge in [0.1, 0.15) is 6.04 Å². The molecule has 1 aromatic carbocycles. The van der Waals surface area contributed by atoms with Gasteiger partial charge in [-0.25, -0.2) is 0 Å². The normalized spacial score (nSPS) is 12.0. The molecule has 0 saturated heterocycles. The number of carbonyl (C=O) groups excluding carboxylic acids is 1. The van der Waals surface area contributed by atoms with Crippen LogP contribution >= 0.6 is 0 Å². The number of rotatable bonds is 9. The van der Waals surface area contributed by atoms with Crippen LogP contribution in [0.2, 0.25) is 0 Å². The molecule has 1 amide bonds. The molecule has 0 aromatic heterocycles. The van der Waals surface area contributed by atoms with Crippen LogP contribution in [0.15, 0.2) is 18.2 Å². The maximum atomic E-state index is 12.0. The first-order chi connectivity index (χ1) is 10.4. The SMILES string of the molecule is CNCCCN[C@@H](CC(=O)Nc1ccc(C)c(C)c1)C(=O)O. The average molecular weight is 307 g/mol. The first-order valence-corrected chi connectivity index (χ1v) is 7.42. The minimum atomic E-state index is -1.01. The van der Waals surface area contributed by atoms with Crippen LogP contribution in [-0.4, -0.2) is 43.2 Å². The molecule has 0 radical (unpaired) electrons. The van der Waals surface area contributed by atoms with Gasteiger partial charge in [0, 0.05) is 5.69 Å². The van der Waals surface area contributed by atoms with Gasteiger partial charge in [-0.15, -0.1) is 0 Å². The zero-order valence-corrected chi connectivity index (χ0v) is 13.4. The molecule has 0 unspecified atom stereocenters. The third-order valence-electron chi connectivity index (χ3n) is 3.47. The third kappa shape index (κ3) is 6.24. The van der Waals surface area contributed by atoms with E-state index in [4.69, 9.17) is 5.11 Å². The van der Waals surface area contributed by atoms with E-state index in [1.807, 2.05) is 39.1 Å². The molecule has 0 aliphatic heterocycles. The number of aliphatic carboxylic acids is 1. The summed E-state index contributed by atoms with van der Waals surface area (Å²) in [5.41, 5.74) is 2.91. The molecule has 1 aromatic rings. The van der Waals surface area contributed by atoms with Gasteiger partial charge in [-0.05, 0) is 63.7 Å². The number of anilines is 1. The Labute approximate surface area is 131 Å². The van der Waals surface area contributed by atoms with E-state index in [9.17, 15) is 9.59 Å². The summed E-state index contributed by atoms with van der Waals surface area (Å²) in [6, 6.07) is 4.75. The Morgan fingerprint density at radius 2 is 1.91 bits per heavy atom. The lowest BCUT2D eigenvalue weighted by Crippen LogP contribution is -2.40. The van der Waals surface area contributed by atoms with Gasteiger partial charge in [0.05, 0.1) is 6.42 Å². The Morgan fingerprint density at radius 3 is 2.50 bits per heavy atom. The van der Waals surface area contributed by atoms with Crippen molar-refractivity contribution in [3.8, 4) is 0 Å². The van der Waals surface area contributed by atoms with E-state index in [1.54, 1.807) is 0 Å². The maximum absolute atomic E-state index is 12.0. The number of hydrogen-bond acceptors (Lipinski definition) is 4. The summed E-state index contributed by atoms with van der Waals surface area (Å²) in [5.74, 6) is -1.32. The second-order valence-corrected chi connectivity index (χ2v) is 5.35. The summed E-state index contributed by atoms with van der Waals surface area (Å²) in [5, 5.41) is 17.8. The molecule has 0 aliphatic rings. The van der Waals surface area contributed by atoms with Crippen molar-refractivity contribution >= 4 is 17.6 Å². The quantitative estimate of drug-likeness (QED) is 0.516. The van der Waals surface area contributed by atoms with Crippen molar-refractivity contribution in [2.45, 2.75) is 32.7 Å². The zero-order chi connectivity index (χ0) is 16.5. The second-order valence-electron chi connectivity index (χ2n) is 5.35. The van der Waals surface area contributed by atoms with Crippen LogP contribution in [0.4, 0.5) is 5.69 Å². The monoisotopic (exact) mass is 307 g/mol. The molecule has 6 heteroatoms. The zero-order valence-electron chi connectivity index (χ0n) is 13.4. The largest absolute Gasteiger partial charge is 0.480 e. The molecule has 1 atom stereocenters. The Bertz CT molecular complexity index is 517. The maximum Gasteiger partial charge on any atom is 0.321 e. The van der Waals surface area contributed by atoms with E-state index < -0.39 is 12.0 Å². The highest BCUT2D eigenvalue weighted by molar-refractivity contribution is 5.94. The third-order valence-corrected chi connectivity index (χ3v) is 3.47. The van der Waals surface area contributed by atoms with Crippen molar-refractivity contribution in [2.75, 3.05) is 25.5 Å². The highest BCUT2D eigenvalue weighted by atomic mass is 16.4. The average Bonchev–Trinajstić information content (AvgIpc) is 2.46. The van der Waals surface area contributed by atoms with Crippen LogP contribution in [0.25, 0.3) is 0 Å². The molecule has 0 heterocycles. The summed E-state index contributed by atoms with van der Waals surface area (Å²) in [4.78, 5) is 23.2. The van der Waals surface area contributed by atoms with Crippen LogP contribution in [0.5, 0.6) is 0 Å². The van der Waals surface area contributed by atoms with E-state index in [1.165, 1.54) is 0 Å². The van der Waals surface area contributed by atoms with Gasteiger partial charge in [-0.3, -0.25) is 9.59 Å². The van der Waals surface area contributed by atoms with E-state index in [-0.39, 0.29) is 12.3 Å². The molecule has 0 bridgehead atoms. The molecule has 4 N–H and O–H groups in total. The van der Waals surface area contributed by atoms with Crippen molar-refractivity contribution in [3.05, 3.63) is 29.3 Å². The van der Waals surface area contributed by atoms with Crippen LogP contribution in [-0.2, 0) is 9.59 Å². The predicted molar refractivity (Wildman–Crippen MR) is 87.1 cm³/mol. The number of carbonyl (C=O) groups is 2. The van der Waals surface area contributed by atoms with Gasteiger partial charge >= 0.3 is 5.97 Å². The van der Waals surface area contributed by atoms with E-state index in [0.29, 0.717) is 12.2 Å². The topological polar surface area (TPSA) is 90.5 Å². The van der Waals surface area contributed by atoms with Gasteiger partial charge < -0.3 is 21.1 Å². The van der Waals surface area contributed by atoms with Gasteiger partial charge in [-0.1, -0.05) is 6.07 Å². The van der Waals surface area contributed by atoms with Crippen LogP contribution < -0.4 is 16.0 Å². The number of carboxylic acid groups (broad SMARTS) is 1. The van der Waals surface area contributed by atoms with Gasteiger partial charge in [0.2, 0.25) is 5.91 Å². The Balaban J connectivity index is 2.52. The minimum Gasteiger partial charge on any atom is -0.480 e. The summed E-state index contributed by atoms with van der Waals surface area (Å²) < 4.78 is 0. The van der Waals surface area contributed by atoms with Crippen molar-refractivity contribution in [1.29, 1.82) is 0 Å². The minimum absolute atomic E-state index is 0.0954. The fourth-order valence-electron chi connectivity index (χ4n) is 2.00. The number of amides is 1. The summed E-state index contributed by atoms with van der Waals surface area (Å²) in [6.45, 7) is 5.31. The smallest absolute Gasteiger partial charge is 0.321 e. The predicted octanol–water partition coefficient (Wildman–Crippen LogP) is 1.28. The summed E-state index contributed by atoms with van der Waals surface area (Å²) in [6.07, 6.45) is 0.709. The molecule has 6 nitrogen and oxygen atoms in total. The second kappa shape index (κ2) is 9.17. The molecule has 0 aliphatic carbocycles. The molecule has 22 heavy (non-hydrogen) atoms.